The molecule has 3 nitrogen and oxygen atoms in total. The van der Waals surface area contributed by atoms with Gasteiger partial charge in [0.2, 0.25) is 5.91 Å². The van der Waals surface area contributed by atoms with Crippen molar-refractivity contribution in [1.29, 1.82) is 5.26 Å². The van der Waals surface area contributed by atoms with E-state index in [1.807, 2.05) is 24.3 Å². The quantitative estimate of drug-likeness (QED) is 0.654. The number of benzene rings is 2. The van der Waals surface area contributed by atoms with E-state index in [1.54, 1.807) is 24.3 Å². The standard InChI is InChI=1S/C23H24Cl2N2O/c24-19-10-6-17(7-11-19)14-23(16-26,15-18-8-12-20(25)13-9-18)22(28)27-21-4-2-1-3-5-21/h6-13,21H,1-5,14-15H2,(H,27,28). The first-order valence-electron chi connectivity index (χ1n) is 9.72. The number of nitriles is 1. The van der Waals surface area contributed by atoms with Crippen molar-refractivity contribution in [2.24, 2.45) is 5.41 Å². The second-order valence-electron chi connectivity index (χ2n) is 7.61. The van der Waals surface area contributed by atoms with Crippen molar-refractivity contribution >= 4 is 29.1 Å². The van der Waals surface area contributed by atoms with Crippen LogP contribution in [0.5, 0.6) is 0 Å². The topological polar surface area (TPSA) is 52.9 Å². The Morgan fingerprint density at radius 1 is 0.929 bits per heavy atom. The van der Waals surface area contributed by atoms with Gasteiger partial charge < -0.3 is 5.32 Å². The molecular weight excluding hydrogens is 391 g/mol. The van der Waals surface area contributed by atoms with Crippen LogP contribution < -0.4 is 5.32 Å². The monoisotopic (exact) mass is 414 g/mol. The highest BCUT2D eigenvalue weighted by molar-refractivity contribution is 6.30. The third-order valence-electron chi connectivity index (χ3n) is 5.43. The number of carbonyl (C=O) groups excluding carboxylic acids is 1. The molecule has 0 atom stereocenters. The van der Waals surface area contributed by atoms with Crippen LogP contribution in [0.15, 0.2) is 48.5 Å². The zero-order valence-corrected chi connectivity index (χ0v) is 17.3. The summed E-state index contributed by atoms with van der Waals surface area (Å²) in [4.78, 5) is 13.3. The Morgan fingerprint density at radius 2 is 1.39 bits per heavy atom. The van der Waals surface area contributed by atoms with E-state index in [2.05, 4.69) is 11.4 Å². The molecule has 1 aliphatic carbocycles. The first kappa shape index (κ1) is 20.7. The lowest BCUT2D eigenvalue weighted by Crippen LogP contribution is -2.47. The number of amides is 1. The van der Waals surface area contributed by atoms with E-state index in [9.17, 15) is 10.1 Å². The SMILES string of the molecule is N#CC(Cc1ccc(Cl)cc1)(Cc1ccc(Cl)cc1)C(=O)NC1CCCCC1. The molecule has 0 heterocycles. The summed E-state index contributed by atoms with van der Waals surface area (Å²) in [5.41, 5.74) is 0.649. The summed E-state index contributed by atoms with van der Waals surface area (Å²) in [5, 5.41) is 14.6. The van der Waals surface area contributed by atoms with Crippen molar-refractivity contribution in [2.45, 2.75) is 51.0 Å². The van der Waals surface area contributed by atoms with E-state index < -0.39 is 5.41 Å². The van der Waals surface area contributed by atoms with Crippen LogP contribution in [0, 0.1) is 16.7 Å². The highest BCUT2D eigenvalue weighted by atomic mass is 35.5. The van der Waals surface area contributed by atoms with Crippen molar-refractivity contribution in [3.63, 3.8) is 0 Å². The Kier molecular flexibility index (Phi) is 6.99. The largest absolute Gasteiger partial charge is 0.352 e. The van der Waals surface area contributed by atoms with Crippen LogP contribution in [0.4, 0.5) is 0 Å². The molecule has 1 amide bonds. The first-order valence-corrected chi connectivity index (χ1v) is 10.5. The van der Waals surface area contributed by atoms with Gasteiger partial charge in [-0.1, -0.05) is 66.7 Å². The lowest BCUT2D eigenvalue weighted by molar-refractivity contribution is -0.129. The van der Waals surface area contributed by atoms with Crippen LogP contribution in [0.2, 0.25) is 10.0 Å². The number of nitrogens with zero attached hydrogens (tertiary/aromatic N) is 1. The second kappa shape index (κ2) is 9.45. The van der Waals surface area contributed by atoms with Crippen molar-refractivity contribution in [1.82, 2.24) is 5.32 Å². The Morgan fingerprint density at radius 3 is 1.82 bits per heavy atom. The van der Waals surface area contributed by atoms with Crippen molar-refractivity contribution < 1.29 is 4.79 Å². The van der Waals surface area contributed by atoms with E-state index in [1.165, 1.54) is 6.42 Å². The van der Waals surface area contributed by atoms with Crippen LogP contribution >= 0.6 is 23.2 Å². The minimum atomic E-state index is -1.18. The molecule has 1 fully saturated rings. The normalized spacial score (nSPS) is 15.0. The molecule has 0 bridgehead atoms. The molecule has 0 spiro atoms. The van der Waals surface area contributed by atoms with E-state index in [4.69, 9.17) is 23.2 Å². The molecule has 0 saturated heterocycles. The number of rotatable bonds is 6. The molecule has 5 heteroatoms. The fourth-order valence-electron chi connectivity index (χ4n) is 3.82. The number of halogens is 2. The average Bonchev–Trinajstić information content (AvgIpc) is 2.71. The van der Waals surface area contributed by atoms with Gasteiger partial charge in [0.25, 0.3) is 0 Å². The minimum absolute atomic E-state index is 0.157. The molecule has 0 radical (unpaired) electrons. The van der Waals surface area contributed by atoms with Crippen LogP contribution in [0.25, 0.3) is 0 Å². The van der Waals surface area contributed by atoms with Gasteiger partial charge >= 0.3 is 0 Å². The van der Waals surface area contributed by atoms with E-state index in [-0.39, 0.29) is 11.9 Å². The maximum absolute atomic E-state index is 13.3. The van der Waals surface area contributed by atoms with Crippen molar-refractivity contribution in [2.75, 3.05) is 0 Å². The average molecular weight is 415 g/mol. The molecule has 0 aromatic heterocycles. The van der Waals surface area contributed by atoms with Crippen molar-refractivity contribution in [3.05, 3.63) is 69.7 Å². The second-order valence-corrected chi connectivity index (χ2v) is 8.48. The van der Waals surface area contributed by atoms with Crippen molar-refractivity contribution in [3.8, 4) is 6.07 Å². The molecule has 2 aromatic rings. The third-order valence-corrected chi connectivity index (χ3v) is 5.93. The van der Waals surface area contributed by atoms with Gasteiger partial charge in [-0.15, -0.1) is 0 Å². The first-order chi connectivity index (χ1) is 13.5. The van der Waals surface area contributed by atoms with E-state index >= 15 is 0 Å². The van der Waals surface area contributed by atoms with Gasteiger partial charge in [-0.05, 0) is 48.2 Å². The van der Waals surface area contributed by atoms with Crippen LogP contribution in [0.1, 0.15) is 43.2 Å². The molecule has 1 aliphatic rings. The fraction of sp³-hybridized carbons (Fsp3) is 0.391. The number of hydrogen-bond acceptors (Lipinski definition) is 2. The van der Waals surface area contributed by atoms with E-state index in [0.29, 0.717) is 22.9 Å². The predicted octanol–water partition coefficient (Wildman–Crippen LogP) is 5.74. The molecule has 1 N–H and O–H groups in total. The third kappa shape index (κ3) is 5.28. The summed E-state index contributed by atoms with van der Waals surface area (Å²) in [7, 11) is 0. The summed E-state index contributed by atoms with van der Waals surface area (Å²) in [6, 6.07) is 17.2. The zero-order valence-electron chi connectivity index (χ0n) is 15.8. The highest BCUT2D eigenvalue weighted by Gasteiger charge is 2.40. The summed E-state index contributed by atoms with van der Waals surface area (Å²) >= 11 is 12.0. The van der Waals surface area contributed by atoms with Gasteiger partial charge in [0, 0.05) is 28.9 Å². The summed E-state index contributed by atoms with van der Waals surface area (Å²) < 4.78 is 0. The lowest BCUT2D eigenvalue weighted by atomic mass is 9.76. The van der Waals surface area contributed by atoms with Crippen LogP contribution in [-0.2, 0) is 17.6 Å². The Balaban J connectivity index is 1.87. The zero-order chi connectivity index (χ0) is 20.0. The molecule has 1 saturated carbocycles. The minimum Gasteiger partial charge on any atom is -0.352 e. The predicted molar refractivity (Wildman–Crippen MR) is 113 cm³/mol. The summed E-state index contributed by atoms with van der Waals surface area (Å²) in [5.74, 6) is -0.188. The smallest absolute Gasteiger partial charge is 0.241 e. The molecular formula is C23H24Cl2N2O. The Hall–Kier alpha value is -2.02. The Bertz CT molecular complexity index is 787. The Labute approximate surface area is 176 Å². The maximum atomic E-state index is 13.3. The highest BCUT2D eigenvalue weighted by Crippen LogP contribution is 2.30. The summed E-state index contributed by atoms with van der Waals surface area (Å²) in [6.45, 7) is 0. The number of nitrogens with one attached hydrogen (secondary N) is 1. The maximum Gasteiger partial charge on any atom is 0.241 e. The molecule has 0 unspecified atom stereocenters. The molecule has 0 aliphatic heterocycles. The van der Waals surface area contributed by atoms with Gasteiger partial charge in [0.15, 0.2) is 0 Å². The fourth-order valence-corrected chi connectivity index (χ4v) is 4.08. The molecule has 3 rings (SSSR count). The number of carbonyl (C=O) groups is 1. The molecule has 146 valence electrons. The molecule has 2 aromatic carbocycles. The summed E-state index contributed by atoms with van der Waals surface area (Å²) in [6.07, 6.45) is 6.09. The van der Waals surface area contributed by atoms with Crippen LogP contribution in [-0.4, -0.2) is 11.9 Å². The van der Waals surface area contributed by atoms with Crippen LogP contribution in [0.3, 0.4) is 0 Å². The van der Waals surface area contributed by atoms with Gasteiger partial charge in [-0.3, -0.25) is 4.79 Å². The van der Waals surface area contributed by atoms with E-state index in [0.717, 1.165) is 36.8 Å². The van der Waals surface area contributed by atoms with Gasteiger partial charge in [-0.2, -0.15) is 5.26 Å². The van der Waals surface area contributed by atoms with Gasteiger partial charge in [0.1, 0.15) is 5.41 Å². The van der Waals surface area contributed by atoms with Gasteiger partial charge in [0.05, 0.1) is 6.07 Å². The lowest BCUT2D eigenvalue weighted by Gasteiger charge is -2.30. The molecule has 28 heavy (non-hydrogen) atoms. The van der Waals surface area contributed by atoms with Gasteiger partial charge in [-0.25, -0.2) is 0 Å². The number of hydrogen-bond donors (Lipinski definition) is 1.